The molecule has 1 fully saturated rings. The number of hydrogen-bond donors (Lipinski definition) is 1. The second-order valence-electron chi connectivity index (χ2n) is 5.95. The average molecular weight is 290 g/mol. The fraction of sp³-hybridized carbons (Fsp3) is 0.562. The Kier molecular flexibility index (Phi) is 4.01. The highest BCUT2D eigenvalue weighted by molar-refractivity contribution is 5.94. The van der Waals surface area contributed by atoms with Crippen LogP contribution in [0.1, 0.15) is 26.7 Å². The maximum atomic E-state index is 12.4. The molecule has 1 aromatic carbocycles. The highest BCUT2D eigenvalue weighted by Gasteiger charge is 2.25. The number of anilines is 1. The first-order valence-electron chi connectivity index (χ1n) is 7.58. The van der Waals surface area contributed by atoms with E-state index in [-0.39, 0.29) is 18.7 Å². The molecule has 0 saturated carbocycles. The van der Waals surface area contributed by atoms with Gasteiger partial charge in [0, 0.05) is 11.8 Å². The standard InChI is InChI=1S/C16H22N2O3/c1-11-5-7-18(8-6-11)12(2)16(19)17-13-3-4-14-15(9-13)21-10-20-14/h3-4,9,11-12H,5-8,10H2,1-2H3,(H,17,19). The third-order valence-electron chi connectivity index (χ3n) is 4.39. The van der Waals surface area contributed by atoms with Crippen LogP contribution in [0.5, 0.6) is 11.5 Å². The van der Waals surface area contributed by atoms with Gasteiger partial charge in [0.15, 0.2) is 11.5 Å². The van der Waals surface area contributed by atoms with Crippen LogP contribution < -0.4 is 14.8 Å². The molecule has 1 amide bonds. The van der Waals surface area contributed by atoms with Crippen molar-refractivity contribution in [1.82, 2.24) is 4.90 Å². The van der Waals surface area contributed by atoms with Crippen LogP contribution in [-0.2, 0) is 4.79 Å². The first kappa shape index (κ1) is 14.2. The SMILES string of the molecule is CC1CCN(C(C)C(=O)Nc2ccc3c(c2)OCO3)CC1. The molecule has 1 atom stereocenters. The van der Waals surface area contributed by atoms with Crippen LogP contribution in [0.25, 0.3) is 0 Å². The van der Waals surface area contributed by atoms with E-state index < -0.39 is 0 Å². The predicted octanol–water partition coefficient (Wildman–Crippen LogP) is 2.47. The van der Waals surface area contributed by atoms with Gasteiger partial charge in [-0.15, -0.1) is 0 Å². The van der Waals surface area contributed by atoms with E-state index in [0.717, 1.165) is 30.4 Å². The first-order chi connectivity index (χ1) is 10.1. The largest absolute Gasteiger partial charge is 0.454 e. The maximum absolute atomic E-state index is 12.4. The van der Waals surface area contributed by atoms with Crippen molar-refractivity contribution >= 4 is 11.6 Å². The second-order valence-corrected chi connectivity index (χ2v) is 5.95. The van der Waals surface area contributed by atoms with Gasteiger partial charge in [-0.1, -0.05) is 6.92 Å². The third kappa shape index (κ3) is 3.13. The maximum Gasteiger partial charge on any atom is 0.241 e. The number of fused-ring (bicyclic) bond motifs is 1. The molecule has 0 spiro atoms. The summed E-state index contributed by atoms with van der Waals surface area (Å²) in [6.45, 7) is 6.48. The summed E-state index contributed by atoms with van der Waals surface area (Å²) in [5.41, 5.74) is 0.751. The van der Waals surface area contributed by atoms with Crippen molar-refractivity contribution in [2.75, 3.05) is 25.2 Å². The van der Waals surface area contributed by atoms with Crippen LogP contribution in [0.3, 0.4) is 0 Å². The molecule has 0 aliphatic carbocycles. The summed E-state index contributed by atoms with van der Waals surface area (Å²) in [5.74, 6) is 2.21. The molecule has 21 heavy (non-hydrogen) atoms. The van der Waals surface area contributed by atoms with Crippen molar-refractivity contribution < 1.29 is 14.3 Å². The molecule has 114 valence electrons. The molecule has 3 rings (SSSR count). The molecule has 5 nitrogen and oxygen atoms in total. The van der Waals surface area contributed by atoms with E-state index in [1.54, 1.807) is 0 Å². The summed E-state index contributed by atoms with van der Waals surface area (Å²) in [6, 6.07) is 5.37. The summed E-state index contributed by atoms with van der Waals surface area (Å²) in [5, 5.41) is 2.96. The normalized spacial score (nSPS) is 20.3. The number of carbonyl (C=O) groups excluding carboxylic acids is 1. The molecule has 1 saturated heterocycles. The first-order valence-corrected chi connectivity index (χ1v) is 7.58. The Hall–Kier alpha value is -1.75. The smallest absolute Gasteiger partial charge is 0.241 e. The van der Waals surface area contributed by atoms with E-state index in [4.69, 9.17) is 9.47 Å². The van der Waals surface area contributed by atoms with Crippen LogP contribution in [-0.4, -0.2) is 36.7 Å². The topological polar surface area (TPSA) is 50.8 Å². The van der Waals surface area contributed by atoms with Crippen LogP contribution in [0.2, 0.25) is 0 Å². The Morgan fingerprint density at radius 3 is 2.76 bits per heavy atom. The second kappa shape index (κ2) is 5.93. The molecule has 0 aromatic heterocycles. The number of carbonyl (C=O) groups is 1. The van der Waals surface area contributed by atoms with Gasteiger partial charge in [0.2, 0.25) is 12.7 Å². The molecule has 5 heteroatoms. The molecular formula is C16H22N2O3. The lowest BCUT2D eigenvalue weighted by molar-refractivity contribution is -0.121. The minimum absolute atomic E-state index is 0.0309. The van der Waals surface area contributed by atoms with E-state index in [2.05, 4.69) is 17.1 Å². The monoisotopic (exact) mass is 290 g/mol. The van der Waals surface area contributed by atoms with Gasteiger partial charge in [-0.3, -0.25) is 9.69 Å². The number of benzene rings is 1. The number of hydrogen-bond acceptors (Lipinski definition) is 4. The molecule has 0 bridgehead atoms. The molecule has 1 unspecified atom stereocenters. The Bertz CT molecular complexity index is 524. The van der Waals surface area contributed by atoms with E-state index in [1.165, 1.54) is 12.8 Å². The van der Waals surface area contributed by atoms with Crippen LogP contribution in [0, 0.1) is 5.92 Å². The number of amides is 1. The quantitative estimate of drug-likeness (QED) is 0.929. The van der Waals surface area contributed by atoms with E-state index in [0.29, 0.717) is 5.75 Å². The molecular weight excluding hydrogens is 268 g/mol. The highest BCUT2D eigenvalue weighted by Crippen LogP contribution is 2.34. The van der Waals surface area contributed by atoms with Crippen molar-refractivity contribution in [1.29, 1.82) is 0 Å². The number of nitrogens with zero attached hydrogens (tertiary/aromatic N) is 1. The van der Waals surface area contributed by atoms with Crippen LogP contribution in [0.4, 0.5) is 5.69 Å². The highest BCUT2D eigenvalue weighted by atomic mass is 16.7. The van der Waals surface area contributed by atoms with Crippen molar-refractivity contribution in [2.24, 2.45) is 5.92 Å². The zero-order valence-corrected chi connectivity index (χ0v) is 12.6. The summed E-state index contributed by atoms with van der Waals surface area (Å²) >= 11 is 0. The summed E-state index contributed by atoms with van der Waals surface area (Å²) < 4.78 is 10.6. The van der Waals surface area contributed by atoms with Crippen LogP contribution in [0.15, 0.2) is 18.2 Å². The number of nitrogens with one attached hydrogen (secondary N) is 1. The molecule has 2 aliphatic heterocycles. The van der Waals surface area contributed by atoms with E-state index in [9.17, 15) is 4.79 Å². The molecule has 2 heterocycles. The van der Waals surface area contributed by atoms with Crippen molar-refractivity contribution in [3.8, 4) is 11.5 Å². The van der Waals surface area contributed by atoms with Crippen LogP contribution >= 0.6 is 0 Å². The Balaban J connectivity index is 1.60. The number of rotatable bonds is 3. The van der Waals surface area contributed by atoms with E-state index >= 15 is 0 Å². The summed E-state index contributed by atoms with van der Waals surface area (Å²) in [6.07, 6.45) is 2.34. The van der Waals surface area contributed by atoms with Gasteiger partial charge in [-0.2, -0.15) is 0 Å². The molecule has 1 aromatic rings. The number of ether oxygens (including phenoxy) is 2. The van der Waals surface area contributed by atoms with Gasteiger partial charge in [0.25, 0.3) is 0 Å². The minimum Gasteiger partial charge on any atom is -0.454 e. The van der Waals surface area contributed by atoms with E-state index in [1.807, 2.05) is 25.1 Å². The molecule has 2 aliphatic rings. The Morgan fingerprint density at radius 2 is 2.00 bits per heavy atom. The van der Waals surface area contributed by atoms with Gasteiger partial charge in [-0.05, 0) is 50.9 Å². The third-order valence-corrected chi connectivity index (χ3v) is 4.39. The predicted molar refractivity (Wildman–Crippen MR) is 80.6 cm³/mol. The summed E-state index contributed by atoms with van der Waals surface area (Å²) in [7, 11) is 0. The van der Waals surface area contributed by atoms with Gasteiger partial charge in [0.1, 0.15) is 0 Å². The minimum atomic E-state index is -0.108. The van der Waals surface area contributed by atoms with Crippen molar-refractivity contribution in [3.63, 3.8) is 0 Å². The molecule has 1 N–H and O–H groups in total. The Labute approximate surface area is 125 Å². The van der Waals surface area contributed by atoms with Crippen molar-refractivity contribution in [3.05, 3.63) is 18.2 Å². The zero-order chi connectivity index (χ0) is 14.8. The average Bonchev–Trinajstić information content (AvgIpc) is 2.95. The fourth-order valence-electron chi connectivity index (χ4n) is 2.80. The number of likely N-dealkylation sites (tertiary alicyclic amines) is 1. The zero-order valence-electron chi connectivity index (χ0n) is 12.6. The van der Waals surface area contributed by atoms with Gasteiger partial charge in [0.05, 0.1) is 6.04 Å². The van der Waals surface area contributed by atoms with Gasteiger partial charge in [-0.25, -0.2) is 0 Å². The Morgan fingerprint density at radius 1 is 1.29 bits per heavy atom. The lowest BCUT2D eigenvalue weighted by Crippen LogP contribution is -2.45. The lowest BCUT2D eigenvalue weighted by atomic mass is 9.98. The van der Waals surface area contributed by atoms with Crippen molar-refractivity contribution in [2.45, 2.75) is 32.7 Å². The van der Waals surface area contributed by atoms with Gasteiger partial charge < -0.3 is 14.8 Å². The fourth-order valence-corrected chi connectivity index (χ4v) is 2.80. The molecule has 0 radical (unpaired) electrons. The number of piperidine rings is 1. The lowest BCUT2D eigenvalue weighted by Gasteiger charge is -2.34. The summed E-state index contributed by atoms with van der Waals surface area (Å²) in [4.78, 5) is 14.6. The van der Waals surface area contributed by atoms with Gasteiger partial charge >= 0.3 is 0 Å².